The number of rotatable bonds is 3. The van der Waals surface area contributed by atoms with Crippen molar-refractivity contribution in [2.45, 2.75) is 19.8 Å². The minimum absolute atomic E-state index is 0.0578. The van der Waals surface area contributed by atoms with Crippen molar-refractivity contribution in [1.29, 1.82) is 0 Å². The monoisotopic (exact) mass is 340 g/mol. The van der Waals surface area contributed by atoms with E-state index in [4.69, 9.17) is 0 Å². The van der Waals surface area contributed by atoms with Gasteiger partial charge >= 0.3 is 0 Å². The number of nitrogens with one attached hydrogen (secondary N) is 1. The van der Waals surface area contributed by atoms with Gasteiger partial charge in [0.2, 0.25) is 5.91 Å². The molecule has 2 aromatic carbocycles. The predicted octanol–water partition coefficient (Wildman–Crippen LogP) is 3.63. The van der Waals surface area contributed by atoms with Gasteiger partial charge in [0.05, 0.1) is 11.5 Å². The smallest absolute Gasteiger partial charge is 0.256 e. The molecule has 0 spiro atoms. The van der Waals surface area contributed by atoms with E-state index in [2.05, 4.69) is 5.32 Å². The van der Waals surface area contributed by atoms with Crippen molar-refractivity contribution < 1.29 is 14.0 Å². The molecule has 2 aromatic rings. The maximum Gasteiger partial charge on any atom is 0.256 e. The molecule has 1 N–H and O–H groups in total. The largest absolute Gasteiger partial charge is 0.338 e. The van der Waals surface area contributed by atoms with Crippen molar-refractivity contribution in [2.75, 3.05) is 18.4 Å². The molecule has 0 radical (unpaired) electrons. The van der Waals surface area contributed by atoms with Gasteiger partial charge in [-0.3, -0.25) is 9.59 Å². The van der Waals surface area contributed by atoms with E-state index in [1.54, 1.807) is 17.0 Å². The van der Waals surface area contributed by atoms with E-state index in [1.165, 1.54) is 12.1 Å². The van der Waals surface area contributed by atoms with Crippen LogP contribution in [-0.2, 0) is 4.79 Å². The molecule has 0 aliphatic carbocycles. The first-order valence-electron chi connectivity index (χ1n) is 8.46. The third-order valence-electron chi connectivity index (χ3n) is 4.59. The van der Waals surface area contributed by atoms with E-state index in [0.29, 0.717) is 13.1 Å². The molecule has 2 amide bonds. The highest BCUT2D eigenvalue weighted by Gasteiger charge is 2.30. The van der Waals surface area contributed by atoms with Gasteiger partial charge in [0.1, 0.15) is 5.82 Å². The van der Waals surface area contributed by atoms with Crippen LogP contribution in [0.4, 0.5) is 10.1 Å². The number of benzene rings is 2. The van der Waals surface area contributed by atoms with Gasteiger partial charge in [-0.1, -0.05) is 30.3 Å². The van der Waals surface area contributed by atoms with Crippen LogP contribution in [0.1, 0.15) is 28.8 Å². The van der Waals surface area contributed by atoms with Gasteiger partial charge < -0.3 is 10.2 Å². The van der Waals surface area contributed by atoms with Gasteiger partial charge in [0, 0.05) is 18.8 Å². The van der Waals surface area contributed by atoms with Crippen LogP contribution in [0.3, 0.4) is 0 Å². The number of nitrogens with zero attached hydrogens (tertiary/aromatic N) is 1. The third-order valence-corrected chi connectivity index (χ3v) is 4.59. The standard InChI is InChI=1S/C20H21FN2O2/c1-14-7-2-5-11-18(14)22-19(24)15-8-6-12-23(13-15)20(25)16-9-3-4-10-17(16)21/h2-5,7,9-11,15H,6,8,12-13H2,1H3,(H,22,24)/t15-/m0/s1. The fourth-order valence-corrected chi connectivity index (χ4v) is 3.13. The second kappa shape index (κ2) is 7.47. The number of carbonyl (C=O) groups is 2. The molecular formula is C20H21FN2O2. The summed E-state index contributed by atoms with van der Waals surface area (Å²) < 4.78 is 13.9. The van der Waals surface area contributed by atoms with E-state index < -0.39 is 5.82 Å². The van der Waals surface area contributed by atoms with Crippen LogP contribution in [0.25, 0.3) is 0 Å². The molecule has 3 rings (SSSR count). The van der Waals surface area contributed by atoms with Gasteiger partial charge in [-0.15, -0.1) is 0 Å². The average molecular weight is 340 g/mol. The fourth-order valence-electron chi connectivity index (χ4n) is 3.13. The number of likely N-dealkylation sites (tertiary alicyclic amines) is 1. The summed E-state index contributed by atoms with van der Waals surface area (Å²) in [4.78, 5) is 26.7. The van der Waals surface area contributed by atoms with Crippen molar-refractivity contribution in [2.24, 2.45) is 5.92 Å². The van der Waals surface area contributed by atoms with E-state index in [0.717, 1.165) is 24.1 Å². The Morgan fingerprint density at radius 2 is 1.84 bits per heavy atom. The number of piperidine rings is 1. The van der Waals surface area contributed by atoms with Crippen molar-refractivity contribution in [1.82, 2.24) is 4.90 Å². The maximum atomic E-state index is 13.9. The molecule has 1 atom stereocenters. The average Bonchev–Trinajstić information content (AvgIpc) is 2.63. The van der Waals surface area contributed by atoms with Crippen molar-refractivity contribution in [3.63, 3.8) is 0 Å². The van der Waals surface area contributed by atoms with E-state index >= 15 is 0 Å². The normalized spacial score (nSPS) is 17.2. The molecule has 1 fully saturated rings. The Balaban J connectivity index is 1.69. The predicted molar refractivity (Wildman–Crippen MR) is 94.8 cm³/mol. The van der Waals surface area contributed by atoms with E-state index in [1.807, 2.05) is 31.2 Å². The number of hydrogen-bond donors (Lipinski definition) is 1. The first kappa shape index (κ1) is 17.1. The van der Waals surface area contributed by atoms with Crippen LogP contribution in [0.2, 0.25) is 0 Å². The summed E-state index contributed by atoms with van der Waals surface area (Å²) in [6.07, 6.45) is 1.45. The van der Waals surface area contributed by atoms with Crippen LogP contribution < -0.4 is 5.32 Å². The zero-order valence-electron chi connectivity index (χ0n) is 14.2. The SMILES string of the molecule is Cc1ccccc1NC(=O)[C@H]1CCCN(C(=O)c2ccccc2F)C1. The zero-order chi connectivity index (χ0) is 17.8. The molecule has 0 aromatic heterocycles. The fraction of sp³-hybridized carbons (Fsp3) is 0.300. The van der Waals surface area contributed by atoms with E-state index in [-0.39, 0.29) is 23.3 Å². The minimum atomic E-state index is -0.529. The second-order valence-corrected chi connectivity index (χ2v) is 6.37. The molecule has 25 heavy (non-hydrogen) atoms. The molecule has 1 aliphatic rings. The summed E-state index contributed by atoms with van der Waals surface area (Å²) in [5.74, 6) is -1.27. The van der Waals surface area contributed by atoms with Crippen LogP contribution in [0.15, 0.2) is 48.5 Å². The van der Waals surface area contributed by atoms with Gasteiger partial charge in [-0.05, 0) is 43.5 Å². The quantitative estimate of drug-likeness (QED) is 0.928. The summed E-state index contributed by atoms with van der Waals surface area (Å²) in [5, 5.41) is 2.94. The summed E-state index contributed by atoms with van der Waals surface area (Å²) >= 11 is 0. The number of amides is 2. The number of anilines is 1. The molecule has 5 heteroatoms. The van der Waals surface area contributed by atoms with Crippen molar-refractivity contribution in [3.05, 3.63) is 65.5 Å². The number of carbonyl (C=O) groups excluding carboxylic acids is 2. The summed E-state index contributed by atoms with van der Waals surface area (Å²) in [5.41, 5.74) is 1.83. The van der Waals surface area contributed by atoms with Crippen LogP contribution in [0.5, 0.6) is 0 Å². The molecular weight excluding hydrogens is 319 g/mol. The second-order valence-electron chi connectivity index (χ2n) is 6.37. The Kier molecular flexibility index (Phi) is 5.12. The summed E-state index contributed by atoms with van der Waals surface area (Å²) in [6, 6.07) is 13.5. The molecule has 4 nitrogen and oxygen atoms in total. The Morgan fingerprint density at radius 3 is 2.60 bits per heavy atom. The molecule has 0 unspecified atom stereocenters. The van der Waals surface area contributed by atoms with Crippen molar-refractivity contribution in [3.8, 4) is 0 Å². The highest BCUT2D eigenvalue weighted by Crippen LogP contribution is 2.22. The van der Waals surface area contributed by atoms with Gasteiger partial charge in [-0.2, -0.15) is 0 Å². The Labute approximate surface area is 146 Å². The Bertz CT molecular complexity index is 791. The van der Waals surface area contributed by atoms with Gasteiger partial charge in [0.25, 0.3) is 5.91 Å². The highest BCUT2D eigenvalue weighted by molar-refractivity contribution is 5.96. The molecule has 0 saturated carbocycles. The van der Waals surface area contributed by atoms with Crippen LogP contribution in [-0.4, -0.2) is 29.8 Å². The first-order chi connectivity index (χ1) is 12.1. The van der Waals surface area contributed by atoms with Crippen LogP contribution in [0, 0.1) is 18.7 Å². The summed E-state index contributed by atoms with van der Waals surface area (Å²) in [7, 11) is 0. The molecule has 1 saturated heterocycles. The lowest BCUT2D eigenvalue weighted by Crippen LogP contribution is -2.44. The molecule has 1 aliphatic heterocycles. The van der Waals surface area contributed by atoms with Crippen LogP contribution >= 0.6 is 0 Å². The Hall–Kier alpha value is -2.69. The number of aryl methyl sites for hydroxylation is 1. The minimum Gasteiger partial charge on any atom is -0.338 e. The highest BCUT2D eigenvalue weighted by atomic mass is 19.1. The van der Waals surface area contributed by atoms with Crippen molar-refractivity contribution >= 4 is 17.5 Å². The molecule has 1 heterocycles. The topological polar surface area (TPSA) is 49.4 Å². The van der Waals surface area contributed by atoms with Gasteiger partial charge in [-0.25, -0.2) is 4.39 Å². The zero-order valence-corrected chi connectivity index (χ0v) is 14.2. The molecule has 0 bridgehead atoms. The van der Waals surface area contributed by atoms with Gasteiger partial charge in [0.15, 0.2) is 0 Å². The lowest BCUT2D eigenvalue weighted by atomic mass is 9.96. The maximum absolute atomic E-state index is 13.9. The first-order valence-corrected chi connectivity index (χ1v) is 8.46. The lowest BCUT2D eigenvalue weighted by molar-refractivity contribution is -0.121. The Morgan fingerprint density at radius 1 is 1.12 bits per heavy atom. The third kappa shape index (κ3) is 3.87. The number of para-hydroxylation sites is 1. The lowest BCUT2D eigenvalue weighted by Gasteiger charge is -2.32. The summed E-state index contributed by atoms with van der Waals surface area (Å²) in [6.45, 7) is 2.79. The number of hydrogen-bond acceptors (Lipinski definition) is 2. The molecule has 130 valence electrons. The van der Waals surface area contributed by atoms with E-state index in [9.17, 15) is 14.0 Å². The number of halogens is 1.